The van der Waals surface area contributed by atoms with Crippen molar-refractivity contribution in [3.63, 3.8) is 0 Å². The van der Waals surface area contributed by atoms with Crippen LogP contribution in [0.25, 0.3) is 0 Å². The highest BCUT2D eigenvalue weighted by Gasteiger charge is 2.15. The van der Waals surface area contributed by atoms with Gasteiger partial charge in [-0.05, 0) is 36.6 Å². The fourth-order valence-electron chi connectivity index (χ4n) is 2.53. The highest BCUT2D eigenvalue weighted by Crippen LogP contribution is 2.32. The predicted molar refractivity (Wildman–Crippen MR) is 103 cm³/mol. The van der Waals surface area contributed by atoms with Crippen molar-refractivity contribution in [2.24, 2.45) is 0 Å². The maximum atomic E-state index is 13.9. The monoisotopic (exact) mass is 405 g/mol. The summed E-state index contributed by atoms with van der Waals surface area (Å²) in [7, 11) is 0. The number of aliphatic hydroxyl groups is 1. The van der Waals surface area contributed by atoms with E-state index in [1.165, 1.54) is 11.8 Å². The molecule has 0 saturated carbocycles. The first-order chi connectivity index (χ1) is 13.4. The lowest BCUT2D eigenvalue weighted by atomic mass is 10.1. The van der Waals surface area contributed by atoms with Gasteiger partial charge in [-0.15, -0.1) is 0 Å². The SMILES string of the molecule is Cc1ccc(CNc2nc(Oc3c(F)cc(F)cc3Cl)cnc2CO)cc1C. The van der Waals surface area contributed by atoms with Gasteiger partial charge in [0, 0.05) is 12.6 Å². The molecule has 2 aromatic carbocycles. The van der Waals surface area contributed by atoms with Crippen LogP contribution in [0.5, 0.6) is 11.6 Å². The lowest BCUT2D eigenvalue weighted by molar-refractivity contribution is 0.276. The summed E-state index contributed by atoms with van der Waals surface area (Å²) in [6.45, 7) is 4.15. The molecule has 1 aromatic heterocycles. The third kappa shape index (κ3) is 4.55. The number of nitrogens with zero attached hydrogens (tertiary/aromatic N) is 2. The van der Waals surface area contributed by atoms with Crippen molar-refractivity contribution in [1.82, 2.24) is 9.97 Å². The second-order valence-corrected chi connectivity index (χ2v) is 6.64. The third-order valence-corrected chi connectivity index (χ3v) is 4.46. The van der Waals surface area contributed by atoms with Gasteiger partial charge in [-0.2, -0.15) is 4.98 Å². The van der Waals surface area contributed by atoms with E-state index in [1.807, 2.05) is 32.0 Å². The highest BCUT2D eigenvalue weighted by molar-refractivity contribution is 6.32. The van der Waals surface area contributed by atoms with Crippen LogP contribution >= 0.6 is 11.6 Å². The van der Waals surface area contributed by atoms with Gasteiger partial charge in [0.15, 0.2) is 17.4 Å². The minimum atomic E-state index is -0.956. The van der Waals surface area contributed by atoms with E-state index in [0.717, 1.165) is 17.2 Å². The zero-order chi connectivity index (χ0) is 20.3. The highest BCUT2D eigenvalue weighted by atomic mass is 35.5. The van der Waals surface area contributed by atoms with Crippen LogP contribution in [-0.4, -0.2) is 15.1 Å². The molecule has 3 aromatic rings. The third-order valence-electron chi connectivity index (χ3n) is 4.18. The molecule has 0 aliphatic heterocycles. The molecule has 5 nitrogen and oxygen atoms in total. The fourth-order valence-corrected chi connectivity index (χ4v) is 2.77. The van der Waals surface area contributed by atoms with Gasteiger partial charge in [-0.25, -0.2) is 13.8 Å². The molecule has 1 heterocycles. The van der Waals surface area contributed by atoms with Crippen molar-refractivity contribution >= 4 is 17.4 Å². The predicted octanol–water partition coefficient (Wildman–Crippen LogP) is 4.92. The van der Waals surface area contributed by atoms with Gasteiger partial charge in [0.05, 0.1) is 17.8 Å². The molecule has 0 aliphatic rings. The molecular formula is C20H18ClF2N3O2. The summed E-state index contributed by atoms with van der Waals surface area (Å²) < 4.78 is 32.5. The lowest BCUT2D eigenvalue weighted by Crippen LogP contribution is -2.08. The summed E-state index contributed by atoms with van der Waals surface area (Å²) in [6.07, 6.45) is 1.23. The molecule has 0 unspecified atom stereocenters. The smallest absolute Gasteiger partial charge is 0.240 e. The Bertz CT molecular complexity index is 992. The van der Waals surface area contributed by atoms with Crippen LogP contribution in [0.3, 0.4) is 0 Å². The van der Waals surface area contributed by atoms with Crippen molar-refractivity contribution in [3.05, 3.63) is 75.6 Å². The van der Waals surface area contributed by atoms with E-state index in [1.54, 1.807) is 0 Å². The molecule has 0 atom stereocenters. The lowest BCUT2D eigenvalue weighted by Gasteiger charge is -2.13. The topological polar surface area (TPSA) is 67.3 Å². The first-order valence-electron chi connectivity index (χ1n) is 8.46. The van der Waals surface area contributed by atoms with E-state index >= 15 is 0 Å². The Morgan fingerprint density at radius 3 is 2.61 bits per heavy atom. The number of rotatable bonds is 6. The van der Waals surface area contributed by atoms with Gasteiger partial charge >= 0.3 is 0 Å². The summed E-state index contributed by atoms with van der Waals surface area (Å²) in [6, 6.07) is 7.64. The van der Waals surface area contributed by atoms with Crippen molar-refractivity contribution in [1.29, 1.82) is 0 Å². The molecule has 0 bridgehead atoms. The average Bonchev–Trinajstić information content (AvgIpc) is 2.65. The molecule has 0 amide bonds. The molecule has 3 rings (SSSR count). The van der Waals surface area contributed by atoms with E-state index in [4.69, 9.17) is 16.3 Å². The molecule has 0 spiro atoms. The van der Waals surface area contributed by atoms with Gasteiger partial charge in [0.2, 0.25) is 5.88 Å². The Balaban J connectivity index is 1.83. The number of anilines is 1. The molecule has 8 heteroatoms. The van der Waals surface area contributed by atoms with Crippen molar-refractivity contribution < 1.29 is 18.6 Å². The maximum Gasteiger partial charge on any atom is 0.240 e. The molecule has 0 aliphatic carbocycles. The second kappa shape index (κ2) is 8.50. The number of hydrogen-bond acceptors (Lipinski definition) is 5. The zero-order valence-electron chi connectivity index (χ0n) is 15.3. The number of aryl methyl sites for hydroxylation is 2. The number of hydrogen-bond donors (Lipinski definition) is 2. The molecule has 0 fully saturated rings. The fraction of sp³-hybridized carbons (Fsp3) is 0.200. The quantitative estimate of drug-likeness (QED) is 0.609. The summed E-state index contributed by atoms with van der Waals surface area (Å²) in [5.74, 6) is -1.88. The van der Waals surface area contributed by atoms with Crippen molar-refractivity contribution in [2.75, 3.05) is 5.32 Å². The number of benzene rings is 2. The second-order valence-electron chi connectivity index (χ2n) is 6.23. The van der Waals surface area contributed by atoms with Crippen LogP contribution in [0.1, 0.15) is 22.4 Å². The minimum absolute atomic E-state index is 0.0489. The van der Waals surface area contributed by atoms with Gasteiger partial charge < -0.3 is 15.2 Å². The van der Waals surface area contributed by atoms with Crippen molar-refractivity contribution in [2.45, 2.75) is 27.0 Å². The largest absolute Gasteiger partial charge is 0.433 e. The minimum Gasteiger partial charge on any atom is -0.433 e. The van der Waals surface area contributed by atoms with E-state index < -0.39 is 11.6 Å². The van der Waals surface area contributed by atoms with Gasteiger partial charge in [0.1, 0.15) is 11.5 Å². The Morgan fingerprint density at radius 2 is 1.93 bits per heavy atom. The van der Waals surface area contributed by atoms with E-state index in [9.17, 15) is 13.9 Å². The molecular weight excluding hydrogens is 388 g/mol. The van der Waals surface area contributed by atoms with Crippen LogP contribution in [0.15, 0.2) is 36.5 Å². The summed E-state index contributed by atoms with van der Waals surface area (Å²) >= 11 is 5.84. The van der Waals surface area contributed by atoms with E-state index in [-0.39, 0.29) is 29.1 Å². The van der Waals surface area contributed by atoms with Gasteiger partial charge in [-0.1, -0.05) is 29.8 Å². The molecule has 146 valence electrons. The number of ether oxygens (including phenoxy) is 1. The standard InChI is InChI=1S/C20H18ClF2N3O2/c1-11-3-4-13(5-12(11)2)8-25-20-17(10-27)24-9-18(26-20)28-19-15(21)6-14(22)7-16(19)23/h3-7,9,27H,8,10H2,1-2H3,(H,25,26). The summed E-state index contributed by atoms with van der Waals surface area (Å²) in [5.41, 5.74) is 3.68. The van der Waals surface area contributed by atoms with Gasteiger partial charge in [0.25, 0.3) is 0 Å². The zero-order valence-corrected chi connectivity index (χ0v) is 16.0. The molecule has 28 heavy (non-hydrogen) atoms. The van der Waals surface area contributed by atoms with E-state index in [0.29, 0.717) is 18.3 Å². The first-order valence-corrected chi connectivity index (χ1v) is 8.84. The van der Waals surface area contributed by atoms with Crippen molar-refractivity contribution in [3.8, 4) is 11.6 Å². The number of halogens is 3. The van der Waals surface area contributed by atoms with Crippen LogP contribution in [0.2, 0.25) is 5.02 Å². The Hall–Kier alpha value is -2.77. The molecule has 0 saturated heterocycles. The van der Waals surface area contributed by atoms with Crippen LogP contribution in [0.4, 0.5) is 14.6 Å². The Morgan fingerprint density at radius 1 is 1.14 bits per heavy atom. The van der Waals surface area contributed by atoms with E-state index in [2.05, 4.69) is 15.3 Å². The maximum absolute atomic E-state index is 13.9. The summed E-state index contributed by atoms with van der Waals surface area (Å²) in [4.78, 5) is 8.30. The van der Waals surface area contributed by atoms with Crippen LogP contribution in [-0.2, 0) is 13.2 Å². The Kier molecular flexibility index (Phi) is 6.06. The average molecular weight is 406 g/mol. The Labute approximate surface area is 166 Å². The summed E-state index contributed by atoms with van der Waals surface area (Å²) in [5, 5.41) is 12.4. The molecule has 0 radical (unpaired) electrons. The first kappa shape index (κ1) is 20.0. The number of nitrogens with one attached hydrogen (secondary N) is 1. The van der Waals surface area contributed by atoms with Crippen LogP contribution in [0, 0.1) is 25.5 Å². The number of aromatic nitrogens is 2. The van der Waals surface area contributed by atoms with Crippen LogP contribution < -0.4 is 10.1 Å². The molecule has 2 N–H and O–H groups in total. The normalized spacial score (nSPS) is 10.8. The van der Waals surface area contributed by atoms with Gasteiger partial charge in [-0.3, -0.25) is 0 Å². The number of aliphatic hydroxyl groups excluding tert-OH is 1.